The topological polar surface area (TPSA) is 56.9 Å². The first-order chi connectivity index (χ1) is 9.28. The summed E-state index contributed by atoms with van der Waals surface area (Å²) in [7, 11) is 3.64. The molecule has 0 aliphatic heterocycles. The van der Waals surface area contributed by atoms with Gasteiger partial charge in [0.05, 0.1) is 19.0 Å². The van der Waals surface area contributed by atoms with E-state index >= 15 is 0 Å². The summed E-state index contributed by atoms with van der Waals surface area (Å²) < 4.78 is 8.78. The summed E-state index contributed by atoms with van der Waals surface area (Å²) in [5, 5.41) is 11.8. The Hall–Kier alpha value is -1.66. The molecule has 6 heteroatoms. The Morgan fingerprint density at radius 2 is 2.05 bits per heavy atom. The minimum atomic E-state index is 0.731. The number of aryl methyl sites for hydroxylation is 3. The van der Waals surface area contributed by atoms with Gasteiger partial charge < -0.3 is 10.1 Å². The van der Waals surface area contributed by atoms with Crippen molar-refractivity contribution in [1.82, 2.24) is 24.9 Å². The molecule has 0 aromatic carbocycles. The van der Waals surface area contributed by atoms with E-state index in [0.717, 1.165) is 32.7 Å². The van der Waals surface area contributed by atoms with Gasteiger partial charge in [0.2, 0.25) is 0 Å². The van der Waals surface area contributed by atoms with Crippen LogP contribution in [0.25, 0.3) is 0 Å². The van der Waals surface area contributed by atoms with E-state index < -0.39 is 0 Å². The summed E-state index contributed by atoms with van der Waals surface area (Å²) in [4.78, 5) is 0. The SMILES string of the molecule is COCCNCc1cnn(CCc2cnn(C)c2)c1. The van der Waals surface area contributed by atoms with E-state index in [4.69, 9.17) is 4.74 Å². The molecule has 19 heavy (non-hydrogen) atoms. The van der Waals surface area contributed by atoms with E-state index in [0.29, 0.717) is 0 Å². The Kier molecular flexibility index (Phi) is 5.11. The summed E-state index contributed by atoms with van der Waals surface area (Å²) in [6, 6.07) is 0. The first kappa shape index (κ1) is 13.8. The maximum atomic E-state index is 4.98. The van der Waals surface area contributed by atoms with Crippen LogP contribution in [0, 0.1) is 0 Å². The first-order valence-electron chi connectivity index (χ1n) is 6.46. The van der Waals surface area contributed by atoms with Crippen LogP contribution in [0.15, 0.2) is 24.8 Å². The molecule has 0 fully saturated rings. The predicted molar refractivity (Wildman–Crippen MR) is 72.7 cm³/mol. The number of rotatable bonds is 8. The molecule has 2 aromatic rings. The van der Waals surface area contributed by atoms with E-state index in [1.807, 2.05) is 35.0 Å². The second-order valence-corrected chi connectivity index (χ2v) is 4.55. The molecule has 0 amide bonds. The molecule has 2 heterocycles. The van der Waals surface area contributed by atoms with E-state index in [-0.39, 0.29) is 0 Å². The van der Waals surface area contributed by atoms with Gasteiger partial charge in [-0.05, 0) is 12.0 Å². The molecule has 0 spiro atoms. The van der Waals surface area contributed by atoms with Crippen LogP contribution < -0.4 is 5.32 Å². The van der Waals surface area contributed by atoms with Crippen LogP contribution in [-0.2, 0) is 31.3 Å². The third-order valence-electron chi connectivity index (χ3n) is 2.89. The third-order valence-corrected chi connectivity index (χ3v) is 2.89. The highest BCUT2D eigenvalue weighted by Crippen LogP contribution is 2.02. The molecule has 0 atom stereocenters. The fraction of sp³-hybridized carbons (Fsp3) is 0.538. The number of methoxy groups -OCH3 is 1. The Bertz CT molecular complexity index is 491. The second kappa shape index (κ2) is 7.06. The average Bonchev–Trinajstić information content (AvgIpc) is 3.01. The van der Waals surface area contributed by atoms with Crippen molar-refractivity contribution in [2.45, 2.75) is 19.5 Å². The highest BCUT2D eigenvalue weighted by atomic mass is 16.5. The molecule has 2 aromatic heterocycles. The first-order valence-corrected chi connectivity index (χ1v) is 6.46. The number of aromatic nitrogens is 4. The van der Waals surface area contributed by atoms with Crippen molar-refractivity contribution in [1.29, 1.82) is 0 Å². The van der Waals surface area contributed by atoms with Crippen molar-refractivity contribution in [3.63, 3.8) is 0 Å². The zero-order valence-electron chi connectivity index (χ0n) is 11.5. The molecule has 104 valence electrons. The van der Waals surface area contributed by atoms with Crippen LogP contribution in [0.3, 0.4) is 0 Å². The van der Waals surface area contributed by atoms with E-state index in [1.54, 1.807) is 7.11 Å². The Morgan fingerprint density at radius 1 is 1.21 bits per heavy atom. The van der Waals surface area contributed by atoms with Crippen LogP contribution in [0.1, 0.15) is 11.1 Å². The Labute approximate surface area is 113 Å². The summed E-state index contributed by atoms with van der Waals surface area (Å²) in [5.74, 6) is 0. The van der Waals surface area contributed by atoms with Crippen molar-refractivity contribution in [2.75, 3.05) is 20.3 Å². The lowest BCUT2D eigenvalue weighted by molar-refractivity contribution is 0.199. The van der Waals surface area contributed by atoms with Crippen molar-refractivity contribution >= 4 is 0 Å². The third kappa shape index (κ3) is 4.50. The maximum absolute atomic E-state index is 4.98. The van der Waals surface area contributed by atoms with Gasteiger partial charge in [0.15, 0.2) is 0 Å². The largest absolute Gasteiger partial charge is 0.383 e. The molecule has 0 saturated carbocycles. The Balaban J connectivity index is 1.74. The average molecular weight is 263 g/mol. The quantitative estimate of drug-likeness (QED) is 0.708. The molecule has 0 unspecified atom stereocenters. The number of ether oxygens (including phenoxy) is 1. The van der Waals surface area contributed by atoms with Gasteiger partial charge in [-0.2, -0.15) is 10.2 Å². The summed E-state index contributed by atoms with van der Waals surface area (Å²) >= 11 is 0. The van der Waals surface area contributed by atoms with E-state index in [9.17, 15) is 0 Å². The lowest BCUT2D eigenvalue weighted by Crippen LogP contribution is -2.18. The van der Waals surface area contributed by atoms with Crippen LogP contribution in [0.4, 0.5) is 0 Å². The number of hydrogen-bond acceptors (Lipinski definition) is 4. The molecule has 0 radical (unpaired) electrons. The van der Waals surface area contributed by atoms with Crippen LogP contribution >= 0.6 is 0 Å². The highest BCUT2D eigenvalue weighted by Gasteiger charge is 2.00. The van der Waals surface area contributed by atoms with Crippen molar-refractivity contribution in [3.8, 4) is 0 Å². The molecule has 0 aliphatic rings. The van der Waals surface area contributed by atoms with E-state index in [2.05, 4.69) is 21.7 Å². The molecular weight excluding hydrogens is 242 g/mol. The second-order valence-electron chi connectivity index (χ2n) is 4.55. The molecule has 0 bridgehead atoms. The summed E-state index contributed by atoms with van der Waals surface area (Å²) in [6.45, 7) is 3.30. The van der Waals surface area contributed by atoms with Gasteiger partial charge in [0, 0.05) is 51.7 Å². The van der Waals surface area contributed by atoms with Gasteiger partial charge in [-0.1, -0.05) is 0 Å². The van der Waals surface area contributed by atoms with Gasteiger partial charge in [0.1, 0.15) is 0 Å². The predicted octanol–water partition coefficient (Wildman–Crippen LogP) is 0.595. The van der Waals surface area contributed by atoms with Crippen LogP contribution in [-0.4, -0.2) is 39.8 Å². The fourth-order valence-corrected chi connectivity index (χ4v) is 1.87. The summed E-state index contributed by atoms with van der Waals surface area (Å²) in [5.41, 5.74) is 2.43. The van der Waals surface area contributed by atoms with Crippen LogP contribution in [0.5, 0.6) is 0 Å². The highest BCUT2D eigenvalue weighted by molar-refractivity contribution is 5.05. The lowest BCUT2D eigenvalue weighted by Gasteiger charge is -2.01. The minimum absolute atomic E-state index is 0.731. The monoisotopic (exact) mass is 263 g/mol. The maximum Gasteiger partial charge on any atom is 0.0587 e. The zero-order valence-corrected chi connectivity index (χ0v) is 11.5. The Morgan fingerprint density at radius 3 is 2.79 bits per heavy atom. The van der Waals surface area contributed by atoms with Crippen molar-refractivity contribution < 1.29 is 4.74 Å². The molecule has 2 rings (SSSR count). The lowest BCUT2D eigenvalue weighted by atomic mass is 10.2. The number of nitrogens with zero attached hydrogens (tertiary/aromatic N) is 4. The number of hydrogen-bond donors (Lipinski definition) is 1. The van der Waals surface area contributed by atoms with Gasteiger partial charge in [-0.15, -0.1) is 0 Å². The molecule has 0 aliphatic carbocycles. The van der Waals surface area contributed by atoms with Crippen molar-refractivity contribution in [2.24, 2.45) is 7.05 Å². The molecule has 1 N–H and O–H groups in total. The number of nitrogens with one attached hydrogen (secondary N) is 1. The van der Waals surface area contributed by atoms with Crippen LogP contribution in [0.2, 0.25) is 0 Å². The smallest absolute Gasteiger partial charge is 0.0587 e. The molecule has 0 saturated heterocycles. The molecular formula is C13H21N5O. The van der Waals surface area contributed by atoms with E-state index in [1.165, 1.54) is 11.1 Å². The van der Waals surface area contributed by atoms with Gasteiger partial charge in [-0.3, -0.25) is 9.36 Å². The van der Waals surface area contributed by atoms with Gasteiger partial charge >= 0.3 is 0 Å². The van der Waals surface area contributed by atoms with Crippen molar-refractivity contribution in [3.05, 3.63) is 35.9 Å². The zero-order chi connectivity index (χ0) is 13.5. The summed E-state index contributed by atoms with van der Waals surface area (Å²) in [6.07, 6.45) is 8.87. The van der Waals surface area contributed by atoms with Gasteiger partial charge in [-0.25, -0.2) is 0 Å². The van der Waals surface area contributed by atoms with Gasteiger partial charge in [0.25, 0.3) is 0 Å². The normalized spacial score (nSPS) is 11.1. The minimum Gasteiger partial charge on any atom is -0.383 e. The fourth-order valence-electron chi connectivity index (χ4n) is 1.87. The molecule has 6 nitrogen and oxygen atoms in total. The standard InChI is InChI=1S/C13H21N5O/c1-17-10-12(8-15-17)3-5-18-11-13(9-16-18)7-14-4-6-19-2/h8-11,14H,3-7H2,1-2H3.